The second-order valence-corrected chi connectivity index (χ2v) is 10.1. The van der Waals surface area contributed by atoms with Crippen molar-refractivity contribution in [1.82, 2.24) is 0 Å². The van der Waals surface area contributed by atoms with Gasteiger partial charge in [0.1, 0.15) is 11.4 Å². The van der Waals surface area contributed by atoms with Gasteiger partial charge in [-0.25, -0.2) is 16.8 Å². The molecule has 0 spiro atoms. The number of anilines is 2. The molecule has 7 nitrogen and oxygen atoms in total. The number of nitrogens with one attached hydrogen (secondary N) is 2. The molecule has 0 amide bonds. The van der Waals surface area contributed by atoms with E-state index in [0.29, 0.717) is 4.47 Å². The maximum atomic E-state index is 12.6. The van der Waals surface area contributed by atoms with Crippen molar-refractivity contribution in [1.29, 1.82) is 0 Å². The zero-order valence-electron chi connectivity index (χ0n) is 15.2. The lowest BCUT2D eigenvalue weighted by Crippen LogP contribution is -2.15. The van der Waals surface area contributed by atoms with E-state index in [1.807, 2.05) is 0 Å². The zero-order valence-corrected chi connectivity index (χ0v) is 18.4. The monoisotopic (exact) mass is 496 g/mol. The SMILES string of the molecule is COc1cc(NS(=O)(=O)c2ccccc2)cc(Br)c1NS(=O)(=O)c1ccccc1. The number of sulfonamides is 2. The van der Waals surface area contributed by atoms with Crippen LogP contribution in [0.1, 0.15) is 0 Å². The van der Waals surface area contributed by atoms with Gasteiger partial charge in [-0.15, -0.1) is 0 Å². The minimum Gasteiger partial charge on any atom is -0.494 e. The molecule has 2 N–H and O–H groups in total. The first-order valence-corrected chi connectivity index (χ1v) is 12.0. The van der Waals surface area contributed by atoms with E-state index in [9.17, 15) is 16.8 Å². The standard InChI is InChI=1S/C19H17BrN2O5S2/c1-27-18-13-14(21-28(23,24)15-8-4-2-5-9-15)12-17(20)19(18)22-29(25,26)16-10-6-3-7-11-16/h2-13,21-22H,1H3. The molecule has 10 heteroatoms. The van der Waals surface area contributed by atoms with Crippen LogP contribution in [0.2, 0.25) is 0 Å². The molecule has 3 aromatic rings. The van der Waals surface area contributed by atoms with Gasteiger partial charge in [-0.1, -0.05) is 36.4 Å². The second-order valence-electron chi connectivity index (χ2n) is 5.87. The topological polar surface area (TPSA) is 102 Å². The molecule has 0 radical (unpaired) electrons. The molecule has 0 aliphatic heterocycles. The van der Waals surface area contributed by atoms with Gasteiger partial charge < -0.3 is 4.74 Å². The Morgan fingerprint density at radius 2 is 1.24 bits per heavy atom. The highest BCUT2D eigenvalue weighted by Gasteiger charge is 2.21. The Labute approximate surface area is 178 Å². The van der Waals surface area contributed by atoms with Crippen molar-refractivity contribution in [2.24, 2.45) is 0 Å². The molecular weight excluding hydrogens is 480 g/mol. The van der Waals surface area contributed by atoms with E-state index in [4.69, 9.17) is 4.74 Å². The van der Waals surface area contributed by atoms with E-state index in [1.165, 1.54) is 43.5 Å². The lowest BCUT2D eigenvalue weighted by molar-refractivity contribution is 0.417. The van der Waals surface area contributed by atoms with Crippen molar-refractivity contribution >= 4 is 47.4 Å². The first-order valence-electron chi connectivity index (χ1n) is 8.26. The van der Waals surface area contributed by atoms with Crippen LogP contribution in [-0.2, 0) is 20.0 Å². The van der Waals surface area contributed by atoms with E-state index in [-0.39, 0.29) is 26.9 Å². The number of methoxy groups -OCH3 is 1. The Bertz CT molecular complexity index is 1220. The second kappa shape index (κ2) is 8.44. The molecular formula is C19H17BrN2O5S2. The number of ether oxygens (including phenoxy) is 1. The normalized spacial score (nSPS) is 11.7. The van der Waals surface area contributed by atoms with Crippen molar-refractivity contribution in [3.8, 4) is 5.75 Å². The van der Waals surface area contributed by atoms with Crippen LogP contribution in [0, 0.1) is 0 Å². The van der Waals surface area contributed by atoms with Crippen LogP contribution in [0.15, 0.2) is 87.1 Å². The van der Waals surface area contributed by atoms with E-state index in [2.05, 4.69) is 25.4 Å². The molecule has 0 heterocycles. The fourth-order valence-corrected chi connectivity index (χ4v) is 5.35. The van der Waals surface area contributed by atoms with Gasteiger partial charge in [0.2, 0.25) is 0 Å². The highest BCUT2D eigenvalue weighted by atomic mass is 79.9. The minimum atomic E-state index is -3.86. The number of hydrogen-bond donors (Lipinski definition) is 2. The summed E-state index contributed by atoms with van der Waals surface area (Å²) in [5, 5.41) is 0. The molecule has 0 aliphatic rings. The summed E-state index contributed by atoms with van der Waals surface area (Å²) in [6.45, 7) is 0. The summed E-state index contributed by atoms with van der Waals surface area (Å²) < 4.78 is 60.8. The third-order valence-corrected chi connectivity index (χ3v) is 7.26. The maximum Gasteiger partial charge on any atom is 0.262 e. The molecule has 0 aromatic heterocycles. The first-order chi connectivity index (χ1) is 13.7. The predicted molar refractivity (Wildman–Crippen MR) is 115 cm³/mol. The molecule has 0 fully saturated rings. The molecule has 152 valence electrons. The van der Waals surface area contributed by atoms with Gasteiger partial charge in [0.15, 0.2) is 0 Å². The fourth-order valence-electron chi connectivity index (χ4n) is 2.51. The Morgan fingerprint density at radius 1 is 0.759 bits per heavy atom. The summed E-state index contributed by atoms with van der Waals surface area (Å²) in [6, 6.07) is 18.6. The van der Waals surface area contributed by atoms with E-state index in [0.717, 1.165) is 0 Å². The quantitative estimate of drug-likeness (QED) is 0.513. The zero-order chi connectivity index (χ0) is 21.1. The summed E-state index contributed by atoms with van der Waals surface area (Å²) >= 11 is 3.29. The minimum absolute atomic E-state index is 0.0859. The van der Waals surface area contributed by atoms with Gasteiger partial charge in [0.05, 0.1) is 22.6 Å². The van der Waals surface area contributed by atoms with Crippen molar-refractivity contribution in [3.05, 3.63) is 77.3 Å². The Morgan fingerprint density at radius 3 is 1.72 bits per heavy atom. The molecule has 3 aromatic carbocycles. The van der Waals surface area contributed by atoms with Crippen LogP contribution in [0.25, 0.3) is 0 Å². The predicted octanol–water partition coefficient (Wildman–Crippen LogP) is 4.06. The van der Waals surface area contributed by atoms with Crippen LogP contribution < -0.4 is 14.2 Å². The third kappa shape index (κ3) is 4.89. The number of rotatable bonds is 7. The van der Waals surface area contributed by atoms with Gasteiger partial charge in [-0.05, 0) is 46.3 Å². The third-order valence-electron chi connectivity index (χ3n) is 3.87. The number of halogens is 1. The van der Waals surface area contributed by atoms with Gasteiger partial charge in [-0.3, -0.25) is 9.44 Å². The molecule has 0 bridgehead atoms. The molecule has 0 unspecified atom stereocenters. The summed E-state index contributed by atoms with van der Waals surface area (Å²) in [7, 11) is -6.31. The van der Waals surface area contributed by atoms with Gasteiger partial charge in [0, 0.05) is 10.5 Å². The van der Waals surface area contributed by atoms with Crippen LogP contribution >= 0.6 is 15.9 Å². The summed E-state index contributed by atoms with van der Waals surface area (Å²) in [4.78, 5) is 0.187. The van der Waals surface area contributed by atoms with Gasteiger partial charge in [-0.2, -0.15) is 0 Å². The Kier molecular flexibility index (Phi) is 6.15. The van der Waals surface area contributed by atoms with Crippen molar-refractivity contribution < 1.29 is 21.6 Å². The molecule has 3 rings (SSSR count). The fraction of sp³-hybridized carbons (Fsp3) is 0.0526. The average Bonchev–Trinajstić information content (AvgIpc) is 2.71. The van der Waals surface area contributed by atoms with E-state index >= 15 is 0 Å². The first kappa shape index (κ1) is 21.2. The van der Waals surface area contributed by atoms with Crippen molar-refractivity contribution in [3.63, 3.8) is 0 Å². The van der Waals surface area contributed by atoms with Crippen LogP contribution in [0.3, 0.4) is 0 Å². The average molecular weight is 497 g/mol. The number of benzene rings is 3. The molecule has 0 saturated heterocycles. The molecule has 0 aliphatic carbocycles. The van der Waals surface area contributed by atoms with E-state index < -0.39 is 20.0 Å². The largest absolute Gasteiger partial charge is 0.494 e. The van der Waals surface area contributed by atoms with Gasteiger partial charge in [0.25, 0.3) is 20.0 Å². The van der Waals surface area contributed by atoms with Crippen molar-refractivity contribution in [2.45, 2.75) is 9.79 Å². The maximum absolute atomic E-state index is 12.6. The highest BCUT2D eigenvalue weighted by molar-refractivity contribution is 9.10. The molecule has 29 heavy (non-hydrogen) atoms. The lowest BCUT2D eigenvalue weighted by atomic mass is 10.2. The van der Waals surface area contributed by atoms with E-state index in [1.54, 1.807) is 36.4 Å². The van der Waals surface area contributed by atoms with Crippen molar-refractivity contribution in [2.75, 3.05) is 16.6 Å². The summed E-state index contributed by atoms with van der Waals surface area (Å²) in [6.07, 6.45) is 0. The Balaban J connectivity index is 1.94. The van der Waals surface area contributed by atoms with Gasteiger partial charge >= 0.3 is 0 Å². The summed E-state index contributed by atoms with van der Waals surface area (Å²) in [5.74, 6) is 0.143. The number of hydrogen-bond acceptors (Lipinski definition) is 5. The lowest BCUT2D eigenvalue weighted by Gasteiger charge is -2.16. The van der Waals surface area contributed by atoms with Crippen LogP contribution in [0.4, 0.5) is 11.4 Å². The Hall–Kier alpha value is -2.56. The summed E-state index contributed by atoms with van der Waals surface area (Å²) in [5.41, 5.74) is 0.360. The highest BCUT2D eigenvalue weighted by Crippen LogP contribution is 2.38. The molecule has 0 atom stereocenters. The van der Waals surface area contributed by atoms with Crippen LogP contribution in [-0.4, -0.2) is 23.9 Å². The molecule has 0 saturated carbocycles. The smallest absolute Gasteiger partial charge is 0.262 e. The van der Waals surface area contributed by atoms with Crippen LogP contribution in [0.5, 0.6) is 5.75 Å².